The van der Waals surface area contributed by atoms with Gasteiger partial charge in [-0.25, -0.2) is 9.37 Å². The molecule has 1 N–H and O–H groups in total. The van der Waals surface area contributed by atoms with Gasteiger partial charge in [0.2, 0.25) is 0 Å². The molecule has 118 valence electrons. The zero-order valence-electron chi connectivity index (χ0n) is 12.3. The van der Waals surface area contributed by atoms with Crippen molar-refractivity contribution in [2.45, 2.75) is 6.42 Å². The number of nitrogens with one attached hydrogen (secondary N) is 1. The molecule has 0 atom stereocenters. The van der Waals surface area contributed by atoms with Crippen LogP contribution in [0.5, 0.6) is 0 Å². The minimum atomic E-state index is -0.359. The molecule has 0 radical (unpaired) electrons. The Kier molecular flexibility index (Phi) is 4.65. The molecule has 1 amide bonds. The van der Waals surface area contributed by atoms with E-state index in [4.69, 9.17) is 4.74 Å². The number of hydrogen-bond acceptors (Lipinski definition) is 4. The third-order valence-corrected chi connectivity index (χ3v) is 3.69. The average Bonchev–Trinajstić information content (AvgIpc) is 2.95. The molecule has 6 nitrogen and oxygen atoms in total. The van der Waals surface area contributed by atoms with E-state index in [1.807, 2.05) is 0 Å². The molecule has 1 saturated heterocycles. The van der Waals surface area contributed by atoms with Crippen molar-refractivity contribution in [1.29, 1.82) is 0 Å². The van der Waals surface area contributed by atoms with Gasteiger partial charge in [-0.2, -0.15) is 0 Å². The minimum absolute atomic E-state index is 0.230. The highest BCUT2D eigenvalue weighted by Gasteiger charge is 2.12. The first kappa shape index (κ1) is 14.9. The van der Waals surface area contributed by atoms with E-state index >= 15 is 0 Å². The zero-order valence-corrected chi connectivity index (χ0v) is 12.3. The number of morpholine rings is 1. The highest BCUT2D eigenvalue weighted by molar-refractivity contribution is 5.92. The molecule has 0 bridgehead atoms. The van der Waals surface area contributed by atoms with Crippen LogP contribution >= 0.6 is 0 Å². The molecule has 1 aliphatic heterocycles. The summed E-state index contributed by atoms with van der Waals surface area (Å²) >= 11 is 0. The van der Waals surface area contributed by atoms with Gasteiger partial charge < -0.3 is 14.5 Å². The number of nitrogens with zero attached hydrogens (tertiary/aromatic N) is 3. The van der Waals surface area contributed by atoms with Crippen LogP contribution in [0.1, 0.15) is 16.9 Å². The van der Waals surface area contributed by atoms with E-state index in [0.717, 1.165) is 39.3 Å². The van der Waals surface area contributed by atoms with Gasteiger partial charge in [-0.3, -0.25) is 9.69 Å². The number of pyridine rings is 1. The fourth-order valence-electron chi connectivity index (χ4n) is 2.49. The van der Waals surface area contributed by atoms with Gasteiger partial charge in [0.25, 0.3) is 5.91 Å². The summed E-state index contributed by atoms with van der Waals surface area (Å²) in [7, 11) is 0. The van der Waals surface area contributed by atoms with E-state index in [1.165, 1.54) is 22.9 Å². The summed E-state index contributed by atoms with van der Waals surface area (Å²) in [5, 5.41) is 2.85. The Bertz CT molecular complexity index is 652. The van der Waals surface area contributed by atoms with Crippen LogP contribution in [0, 0.1) is 5.82 Å². The van der Waals surface area contributed by atoms with E-state index in [9.17, 15) is 9.18 Å². The van der Waals surface area contributed by atoms with Crippen molar-refractivity contribution in [2.75, 3.05) is 39.4 Å². The summed E-state index contributed by atoms with van der Waals surface area (Å²) in [6, 6.07) is 2.87. The number of amides is 1. The Hall–Kier alpha value is -1.99. The molecule has 0 saturated carbocycles. The molecule has 22 heavy (non-hydrogen) atoms. The topological polar surface area (TPSA) is 58.9 Å². The van der Waals surface area contributed by atoms with E-state index in [-0.39, 0.29) is 11.7 Å². The summed E-state index contributed by atoms with van der Waals surface area (Å²) < 4.78 is 19.9. The lowest BCUT2D eigenvalue weighted by Crippen LogP contribution is -2.38. The molecule has 2 aromatic rings. The summed E-state index contributed by atoms with van der Waals surface area (Å²) in [4.78, 5) is 18.5. The van der Waals surface area contributed by atoms with Crippen molar-refractivity contribution < 1.29 is 13.9 Å². The fraction of sp³-hybridized carbons (Fsp3) is 0.467. The molecule has 2 aromatic heterocycles. The summed E-state index contributed by atoms with van der Waals surface area (Å²) in [5.41, 5.74) is 0.858. The molecular formula is C15H19FN4O2. The first-order valence-electron chi connectivity index (χ1n) is 7.45. The number of carbonyl (C=O) groups excluding carboxylic acids is 1. The van der Waals surface area contributed by atoms with Gasteiger partial charge in [-0.05, 0) is 25.1 Å². The van der Waals surface area contributed by atoms with Gasteiger partial charge in [0.15, 0.2) is 0 Å². The number of fused-ring (bicyclic) bond motifs is 1. The van der Waals surface area contributed by atoms with Crippen molar-refractivity contribution >= 4 is 11.6 Å². The van der Waals surface area contributed by atoms with Crippen molar-refractivity contribution in [3.05, 3.63) is 36.0 Å². The maximum atomic E-state index is 13.1. The maximum absolute atomic E-state index is 13.1. The van der Waals surface area contributed by atoms with Crippen LogP contribution in [0.3, 0.4) is 0 Å². The number of carbonyl (C=O) groups is 1. The van der Waals surface area contributed by atoms with Crippen LogP contribution in [0.4, 0.5) is 4.39 Å². The predicted molar refractivity (Wildman–Crippen MR) is 79.4 cm³/mol. The molecule has 0 spiro atoms. The van der Waals surface area contributed by atoms with Crippen molar-refractivity contribution in [2.24, 2.45) is 0 Å². The standard InChI is InChI=1S/C15H19FN4O2/c16-12-2-3-14-18-13(11-20(14)10-12)15(21)17-4-1-5-19-6-8-22-9-7-19/h2-3,10-11H,1,4-9H2,(H,17,21). The third-order valence-electron chi connectivity index (χ3n) is 3.69. The molecule has 1 aliphatic rings. The minimum Gasteiger partial charge on any atom is -0.379 e. The van der Waals surface area contributed by atoms with E-state index in [0.29, 0.717) is 17.9 Å². The van der Waals surface area contributed by atoms with E-state index in [2.05, 4.69) is 15.2 Å². The first-order chi connectivity index (χ1) is 10.7. The second-order valence-electron chi connectivity index (χ2n) is 5.30. The Labute approximate surface area is 127 Å². The highest BCUT2D eigenvalue weighted by Crippen LogP contribution is 2.07. The summed E-state index contributed by atoms with van der Waals surface area (Å²) in [5.74, 6) is -0.589. The van der Waals surface area contributed by atoms with Gasteiger partial charge in [0, 0.05) is 32.0 Å². The Balaban J connectivity index is 1.48. The zero-order chi connectivity index (χ0) is 15.4. The normalized spacial score (nSPS) is 16.0. The van der Waals surface area contributed by atoms with Gasteiger partial charge in [0.05, 0.1) is 13.2 Å². The average molecular weight is 306 g/mol. The number of ether oxygens (including phenoxy) is 1. The lowest BCUT2D eigenvalue weighted by atomic mass is 10.3. The number of rotatable bonds is 5. The van der Waals surface area contributed by atoms with Gasteiger partial charge in [-0.15, -0.1) is 0 Å². The Morgan fingerprint density at radius 1 is 1.32 bits per heavy atom. The molecule has 7 heteroatoms. The van der Waals surface area contributed by atoms with Crippen LogP contribution < -0.4 is 5.32 Å². The molecular weight excluding hydrogens is 287 g/mol. The van der Waals surface area contributed by atoms with E-state index in [1.54, 1.807) is 6.07 Å². The van der Waals surface area contributed by atoms with Crippen LogP contribution in [0.15, 0.2) is 24.5 Å². The van der Waals surface area contributed by atoms with Crippen molar-refractivity contribution in [3.8, 4) is 0 Å². The van der Waals surface area contributed by atoms with Crippen LogP contribution in [0.2, 0.25) is 0 Å². The van der Waals surface area contributed by atoms with Gasteiger partial charge >= 0.3 is 0 Å². The highest BCUT2D eigenvalue weighted by atomic mass is 19.1. The number of aromatic nitrogens is 2. The molecule has 3 rings (SSSR count). The van der Waals surface area contributed by atoms with Crippen LogP contribution in [0.25, 0.3) is 5.65 Å². The van der Waals surface area contributed by atoms with E-state index < -0.39 is 0 Å². The van der Waals surface area contributed by atoms with Crippen LogP contribution in [-0.2, 0) is 4.74 Å². The number of imidazole rings is 1. The fourth-order valence-corrected chi connectivity index (χ4v) is 2.49. The number of hydrogen-bond donors (Lipinski definition) is 1. The Morgan fingerprint density at radius 2 is 2.14 bits per heavy atom. The first-order valence-corrected chi connectivity index (χ1v) is 7.45. The predicted octanol–water partition coefficient (Wildman–Crippen LogP) is 0.925. The molecule has 0 aliphatic carbocycles. The van der Waals surface area contributed by atoms with Gasteiger partial charge in [-0.1, -0.05) is 0 Å². The number of halogens is 1. The van der Waals surface area contributed by atoms with Gasteiger partial charge in [0.1, 0.15) is 17.2 Å². The quantitative estimate of drug-likeness (QED) is 0.835. The smallest absolute Gasteiger partial charge is 0.271 e. The summed E-state index contributed by atoms with van der Waals surface area (Å²) in [6.45, 7) is 5.00. The second-order valence-corrected chi connectivity index (χ2v) is 5.30. The maximum Gasteiger partial charge on any atom is 0.271 e. The molecule has 1 fully saturated rings. The molecule has 0 aromatic carbocycles. The lowest BCUT2D eigenvalue weighted by Gasteiger charge is -2.26. The largest absolute Gasteiger partial charge is 0.379 e. The van der Waals surface area contributed by atoms with Crippen molar-refractivity contribution in [3.63, 3.8) is 0 Å². The monoisotopic (exact) mass is 306 g/mol. The van der Waals surface area contributed by atoms with Crippen LogP contribution in [-0.4, -0.2) is 59.6 Å². The lowest BCUT2D eigenvalue weighted by molar-refractivity contribution is 0.0374. The van der Waals surface area contributed by atoms with Crippen molar-refractivity contribution in [1.82, 2.24) is 19.6 Å². The molecule has 0 unspecified atom stereocenters. The SMILES string of the molecule is O=C(NCCCN1CCOCC1)c1cn2cc(F)ccc2n1. The summed E-state index contributed by atoms with van der Waals surface area (Å²) in [6.07, 6.45) is 3.72. The second kappa shape index (κ2) is 6.85. The third kappa shape index (κ3) is 3.61. The Morgan fingerprint density at radius 3 is 2.95 bits per heavy atom. The molecule has 3 heterocycles.